The Morgan fingerprint density at radius 1 is 1.20 bits per heavy atom. The highest BCUT2D eigenvalue weighted by atomic mass is 16.5. The van der Waals surface area contributed by atoms with Gasteiger partial charge in [0, 0.05) is 12.6 Å². The third-order valence-corrected chi connectivity index (χ3v) is 2.49. The van der Waals surface area contributed by atoms with Gasteiger partial charge < -0.3 is 10.5 Å². The first-order valence-electron chi connectivity index (χ1n) is 5.71. The summed E-state index contributed by atoms with van der Waals surface area (Å²) in [4.78, 5) is 0. The molecule has 2 nitrogen and oxygen atoms in total. The molecule has 0 aliphatic carbocycles. The molecule has 0 amide bonds. The highest BCUT2D eigenvalue weighted by Crippen LogP contribution is 2.22. The van der Waals surface area contributed by atoms with Crippen molar-refractivity contribution in [3.8, 4) is 0 Å². The van der Waals surface area contributed by atoms with Crippen molar-refractivity contribution in [1.29, 1.82) is 0 Å². The SMILES string of the molecule is CCCC(N)C(OCC)c1ccccc1. The van der Waals surface area contributed by atoms with E-state index in [1.807, 2.05) is 25.1 Å². The summed E-state index contributed by atoms with van der Waals surface area (Å²) in [6.45, 7) is 4.86. The average Bonchev–Trinajstić information content (AvgIpc) is 2.27. The van der Waals surface area contributed by atoms with Crippen LogP contribution in [-0.4, -0.2) is 12.6 Å². The molecule has 0 aliphatic heterocycles. The van der Waals surface area contributed by atoms with Gasteiger partial charge in [0.15, 0.2) is 0 Å². The van der Waals surface area contributed by atoms with Crippen LogP contribution in [0.1, 0.15) is 38.4 Å². The Labute approximate surface area is 92.4 Å². The van der Waals surface area contributed by atoms with Crippen molar-refractivity contribution < 1.29 is 4.74 Å². The van der Waals surface area contributed by atoms with E-state index in [1.165, 1.54) is 5.56 Å². The molecule has 0 saturated heterocycles. The maximum Gasteiger partial charge on any atom is 0.0975 e. The summed E-state index contributed by atoms with van der Waals surface area (Å²) in [6.07, 6.45) is 2.13. The van der Waals surface area contributed by atoms with Crippen molar-refractivity contribution in [2.24, 2.45) is 5.73 Å². The maximum atomic E-state index is 6.12. The molecule has 1 aromatic carbocycles. The molecule has 2 atom stereocenters. The molecule has 1 rings (SSSR count). The van der Waals surface area contributed by atoms with Gasteiger partial charge in [0.2, 0.25) is 0 Å². The number of rotatable bonds is 6. The van der Waals surface area contributed by atoms with Crippen LogP contribution in [0.2, 0.25) is 0 Å². The fourth-order valence-electron chi connectivity index (χ4n) is 1.77. The molecule has 0 saturated carbocycles. The van der Waals surface area contributed by atoms with Crippen molar-refractivity contribution in [1.82, 2.24) is 0 Å². The zero-order valence-electron chi connectivity index (χ0n) is 9.65. The molecule has 2 unspecified atom stereocenters. The van der Waals surface area contributed by atoms with Crippen LogP contribution in [0.5, 0.6) is 0 Å². The Morgan fingerprint density at radius 3 is 2.40 bits per heavy atom. The van der Waals surface area contributed by atoms with Crippen molar-refractivity contribution in [2.75, 3.05) is 6.61 Å². The van der Waals surface area contributed by atoms with Crippen LogP contribution in [0, 0.1) is 0 Å². The summed E-state index contributed by atoms with van der Waals surface area (Å²) >= 11 is 0. The lowest BCUT2D eigenvalue weighted by molar-refractivity contribution is 0.0410. The van der Waals surface area contributed by atoms with Crippen molar-refractivity contribution >= 4 is 0 Å². The normalized spacial score (nSPS) is 14.9. The molecule has 2 N–H and O–H groups in total. The second-order valence-electron chi connectivity index (χ2n) is 3.74. The minimum atomic E-state index is 0.0381. The van der Waals surface area contributed by atoms with Gasteiger partial charge in [0.25, 0.3) is 0 Å². The second-order valence-corrected chi connectivity index (χ2v) is 3.74. The molecule has 1 aromatic rings. The molecular weight excluding hydrogens is 186 g/mol. The number of hydrogen-bond donors (Lipinski definition) is 1. The predicted octanol–water partition coefficient (Wildman–Crippen LogP) is 2.89. The molecule has 0 heterocycles. The monoisotopic (exact) mass is 207 g/mol. The van der Waals surface area contributed by atoms with Gasteiger partial charge in [-0.25, -0.2) is 0 Å². The van der Waals surface area contributed by atoms with Gasteiger partial charge >= 0.3 is 0 Å². The predicted molar refractivity (Wildman–Crippen MR) is 63.7 cm³/mol. The molecular formula is C13H21NO. The van der Waals surface area contributed by atoms with E-state index in [1.54, 1.807) is 0 Å². The number of hydrogen-bond acceptors (Lipinski definition) is 2. The van der Waals surface area contributed by atoms with Gasteiger partial charge in [-0.3, -0.25) is 0 Å². The lowest BCUT2D eigenvalue weighted by atomic mass is 9.99. The Kier molecular flexibility index (Phi) is 5.37. The maximum absolute atomic E-state index is 6.12. The van der Waals surface area contributed by atoms with Crippen LogP contribution in [0.4, 0.5) is 0 Å². The molecule has 0 fully saturated rings. The smallest absolute Gasteiger partial charge is 0.0975 e. The topological polar surface area (TPSA) is 35.2 Å². The van der Waals surface area contributed by atoms with Gasteiger partial charge in [-0.05, 0) is 18.9 Å². The van der Waals surface area contributed by atoms with Gasteiger partial charge in [0.1, 0.15) is 0 Å². The van der Waals surface area contributed by atoms with E-state index in [4.69, 9.17) is 10.5 Å². The van der Waals surface area contributed by atoms with Crippen molar-refractivity contribution in [3.63, 3.8) is 0 Å². The first-order chi connectivity index (χ1) is 7.29. The Hall–Kier alpha value is -0.860. The van der Waals surface area contributed by atoms with Crippen LogP contribution in [0.15, 0.2) is 30.3 Å². The Balaban J connectivity index is 2.73. The molecule has 0 aromatic heterocycles. The fraction of sp³-hybridized carbons (Fsp3) is 0.538. The molecule has 0 aliphatic rings. The van der Waals surface area contributed by atoms with E-state index in [0.717, 1.165) is 12.8 Å². The average molecular weight is 207 g/mol. The van der Waals surface area contributed by atoms with Crippen LogP contribution in [0.25, 0.3) is 0 Å². The van der Waals surface area contributed by atoms with Gasteiger partial charge in [-0.15, -0.1) is 0 Å². The number of benzene rings is 1. The Bertz CT molecular complexity index is 260. The molecule has 84 valence electrons. The van der Waals surface area contributed by atoms with Gasteiger partial charge in [-0.1, -0.05) is 43.7 Å². The third-order valence-electron chi connectivity index (χ3n) is 2.49. The van der Waals surface area contributed by atoms with E-state index >= 15 is 0 Å². The first-order valence-corrected chi connectivity index (χ1v) is 5.71. The minimum Gasteiger partial charge on any atom is -0.372 e. The second kappa shape index (κ2) is 6.59. The van der Waals surface area contributed by atoms with Gasteiger partial charge in [0.05, 0.1) is 6.10 Å². The minimum absolute atomic E-state index is 0.0381. The van der Waals surface area contributed by atoms with Crippen molar-refractivity contribution in [2.45, 2.75) is 38.8 Å². The largest absolute Gasteiger partial charge is 0.372 e. The summed E-state index contributed by atoms with van der Waals surface area (Å²) in [5, 5.41) is 0. The van der Waals surface area contributed by atoms with E-state index in [0.29, 0.717) is 6.61 Å². The highest BCUT2D eigenvalue weighted by Gasteiger charge is 2.18. The van der Waals surface area contributed by atoms with Gasteiger partial charge in [-0.2, -0.15) is 0 Å². The Morgan fingerprint density at radius 2 is 1.87 bits per heavy atom. The van der Waals surface area contributed by atoms with E-state index < -0.39 is 0 Å². The first kappa shape index (κ1) is 12.2. The summed E-state index contributed by atoms with van der Waals surface area (Å²) in [5.41, 5.74) is 7.30. The molecule has 15 heavy (non-hydrogen) atoms. The fourth-order valence-corrected chi connectivity index (χ4v) is 1.77. The number of nitrogens with two attached hydrogens (primary N) is 1. The van der Waals surface area contributed by atoms with Crippen LogP contribution in [0.3, 0.4) is 0 Å². The molecule has 0 spiro atoms. The van der Waals surface area contributed by atoms with Crippen LogP contribution >= 0.6 is 0 Å². The van der Waals surface area contributed by atoms with E-state index in [2.05, 4.69) is 19.1 Å². The summed E-state index contributed by atoms with van der Waals surface area (Å²) in [7, 11) is 0. The number of ether oxygens (including phenoxy) is 1. The zero-order valence-corrected chi connectivity index (χ0v) is 9.65. The van der Waals surface area contributed by atoms with Crippen LogP contribution in [-0.2, 0) is 4.74 Å². The summed E-state index contributed by atoms with van der Waals surface area (Å²) < 4.78 is 5.72. The van der Waals surface area contributed by atoms with E-state index in [-0.39, 0.29) is 12.1 Å². The standard InChI is InChI=1S/C13H21NO/c1-3-8-12(14)13(15-4-2)11-9-6-5-7-10-11/h5-7,9-10,12-13H,3-4,8,14H2,1-2H3. The third kappa shape index (κ3) is 3.65. The quantitative estimate of drug-likeness (QED) is 0.778. The van der Waals surface area contributed by atoms with E-state index in [9.17, 15) is 0 Å². The summed E-state index contributed by atoms with van der Waals surface area (Å²) in [6, 6.07) is 10.3. The molecule has 0 radical (unpaired) electrons. The summed E-state index contributed by atoms with van der Waals surface area (Å²) in [5.74, 6) is 0. The van der Waals surface area contributed by atoms with Crippen molar-refractivity contribution in [3.05, 3.63) is 35.9 Å². The zero-order chi connectivity index (χ0) is 11.1. The lowest BCUT2D eigenvalue weighted by Gasteiger charge is -2.23. The molecule has 0 bridgehead atoms. The van der Waals surface area contributed by atoms with Crippen LogP contribution < -0.4 is 5.73 Å². The highest BCUT2D eigenvalue weighted by molar-refractivity contribution is 5.19. The lowest BCUT2D eigenvalue weighted by Crippen LogP contribution is -2.30. The molecule has 2 heteroatoms.